The highest BCUT2D eigenvalue weighted by atomic mass is 32.2. The summed E-state index contributed by atoms with van der Waals surface area (Å²) in [7, 11) is -3.80. The van der Waals surface area contributed by atoms with Crippen LogP contribution in [0, 0.1) is 26.6 Å². The predicted molar refractivity (Wildman–Crippen MR) is 180 cm³/mol. The van der Waals surface area contributed by atoms with Crippen molar-refractivity contribution in [3.05, 3.63) is 130 Å². The number of carboxylic acid groups (broad SMARTS) is 1. The molecule has 0 atom stereocenters. The van der Waals surface area contributed by atoms with Crippen LogP contribution in [0.15, 0.2) is 83.5 Å². The lowest BCUT2D eigenvalue weighted by molar-refractivity contribution is -0.136. The van der Waals surface area contributed by atoms with Gasteiger partial charge in [-0.05, 0) is 95.6 Å². The minimum Gasteiger partial charge on any atom is -0.481 e. The molecule has 5 aromatic rings. The van der Waals surface area contributed by atoms with Gasteiger partial charge in [-0.25, -0.2) is 12.8 Å². The van der Waals surface area contributed by atoms with Gasteiger partial charge >= 0.3 is 5.97 Å². The molecule has 0 saturated heterocycles. The normalized spacial score (nSPS) is 12.4. The molecule has 2 heterocycles. The van der Waals surface area contributed by atoms with Gasteiger partial charge in [0.15, 0.2) is 5.76 Å². The maximum atomic E-state index is 13.4. The van der Waals surface area contributed by atoms with Gasteiger partial charge in [0.25, 0.3) is 5.91 Å². The van der Waals surface area contributed by atoms with E-state index in [9.17, 15) is 27.5 Å². The Morgan fingerprint density at radius 1 is 0.936 bits per heavy atom. The van der Waals surface area contributed by atoms with Crippen LogP contribution in [0.3, 0.4) is 0 Å². The number of fused-ring (bicyclic) bond motifs is 3. The number of hydrogen-bond donors (Lipinski definition) is 2. The number of furan rings is 1. The third kappa shape index (κ3) is 6.16. The summed E-state index contributed by atoms with van der Waals surface area (Å²) in [5, 5.41) is 12.8. The quantitative estimate of drug-likeness (QED) is 0.180. The maximum absolute atomic E-state index is 13.4. The van der Waals surface area contributed by atoms with Crippen LogP contribution < -0.4 is 9.62 Å². The molecule has 0 radical (unpaired) electrons. The first-order chi connectivity index (χ1) is 22.3. The third-order valence-electron chi connectivity index (χ3n) is 8.62. The first-order valence-electron chi connectivity index (χ1n) is 15.0. The molecule has 0 fully saturated rings. The number of rotatable bonds is 8. The van der Waals surface area contributed by atoms with E-state index >= 15 is 0 Å². The largest absolute Gasteiger partial charge is 0.481 e. The van der Waals surface area contributed by atoms with Crippen molar-refractivity contribution in [2.24, 2.45) is 0 Å². The monoisotopic (exact) mass is 652 g/mol. The Hall–Kier alpha value is -5.22. The van der Waals surface area contributed by atoms with Crippen molar-refractivity contribution in [2.75, 3.05) is 15.9 Å². The van der Waals surface area contributed by atoms with E-state index in [4.69, 9.17) is 4.42 Å². The Kier molecular flexibility index (Phi) is 8.23. The van der Waals surface area contributed by atoms with Crippen LogP contribution in [0.2, 0.25) is 0 Å². The van der Waals surface area contributed by atoms with E-state index in [0.717, 1.165) is 39.6 Å². The average molecular weight is 653 g/mol. The van der Waals surface area contributed by atoms with Crippen LogP contribution in [-0.4, -0.2) is 31.7 Å². The molecule has 1 aliphatic rings. The molecular formula is C37H33FN2O6S. The van der Waals surface area contributed by atoms with E-state index in [1.54, 1.807) is 37.3 Å². The fraction of sp³-hybridized carbons (Fsp3) is 0.189. The van der Waals surface area contributed by atoms with Gasteiger partial charge in [0.05, 0.1) is 31.2 Å². The van der Waals surface area contributed by atoms with Crippen molar-refractivity contribution in [2.45, 2.75) is 40.2 Å². The molecule has 1 amide bonds. The lowest BCUT2D eigenvalue weighted by Crippen LogP contribution is -2.33. The fourth-order valence-corrected chi connectivity index (χ4v) is 7.35. The van der Waals surface area contributed by atoms with E-state index in [0.29, 0.717) is 45.6 Å². The van der Waals surface area contributed by atoms with Gasteiger partial charge < -0.3 is 14.8 Å². The molecule has 6 rings (SSSR count). The van der Waals surface area contributed by atoms with E-state index in [2.05, 4.69) is 5.32 Å². The summed E-state index contributed by atoms with van der Waals surface area (Å²) in [6.07, 6.45) is 2.66. The Morgan fingerprint density at radius 3 is 2.30 bits per heavy atom. The summed E-state index contributed by atoms with van der Waals surface area (Å²) in [5.74, 6) is -1.72. The summed E-state index contributed by atoms with van der Waals surface area (Å²) in [5.41, 5.74) is 9.10. The molecule has 0 spiro atoms. The zero-order valence-corrected chi connectivity index (χ0v) is 27.2. The Balaban J connectivity index is 1.43. The number of nitrogens with zero attached hydrogens (tertiary/aromatic N) is 1. The molecule has 0 saturated carbocycles. The van der Waals surface area contributed by atoms with Gasteiger partial charge in [-0.1, -0.05) is 48.0 Å². The molecule has 0 bridgehead atoms. The number of sulfonamides is 1. The second-order valence-corrected chi connectivity index (χ2v) is 13.8. The summed E-state index contributed by atoms with van der Waals surface area (Å²) >= 11 is 0. The SMILES string of the molecule is Cc1ccc(-c2c(C)c3c(c(C)c2CC(=O)O)N(S(C)(=O)=O)Cc2cc(NC(=O)c4occc4Cc4ccc(F)cc4)ccc2-3)cc1. The molecule has 0 aliphatic carbocycles. The number of carbonyl (C=O) groups is 2. The van der Waals surface area contributed by atoms with E-state index in [1.807, 2.05) is 44.2 Å². The van der Waals surface area contributed by atoms with E-state index in [-0.39, 0.29) is 24.5 Å². The van der Waals surface area contributed by atoms with Gasteiger partial charge in [0, 0.05) is 23.2 Å². The molecule has 2 N–H and O–H groups in total. The molecule has 1 aromatic heterocycles. The number of aryl methyl sites for hydroxylation is 1. The molecule has 8 nitrogen and oxygen atoms in total. The summed E-state index contributed by atoms with van der Waals surface area (Å²) < 4.78 is 46.8. The summed E-state index contributed by atoms with van der Waals surface area (Å²) in [6.45, 7) is 5.64. The first-order valence-corrected chi connectivity index (χ1v) is 16.8. The maximum Gasteiger partial charge on any atom is 0.307 e. The van der Waals surface area contributed by atoms with Gasteiger partial charge in [-0.15, -0.1) is 0 Å². The second-order valence-electron chi connectivity index (χ2n) is 11.9. The molecular weight excluding hydrogens is 619 g/mol. The van der Waals surface area contributed by atoms with Crippen molar-refractivity contribution in [1.29, 1.82) is 0 Å². The molecule has 10 heteroatoms. The highest BCUT2D eigenvalue weighted by Gasteiger charge is 2.34. The molecule has 47 heavy (non-hydrogen) atoms. The number of carbonyl (C=O) groups excluding carboxylic acids is 1. The third-order valence-corrected chi connectivity index (χ3v) is 9.73. The van der Waals surface area contributed by atoms with E-state index in [1.165, 1.54) is 22.7 Å². The number of anilines is 2. The van der Waals surface area contributed by atoms with Crippen molar-refractivity contribution >= 4 is 33.3 Å². The zero-order valence-electron chi connectivity index (χ0n) is 26.3. The Morgan fingerprint density at radius 2 is 1.64 bits per heavy atom. The van der Waals surface area contributed by atoms with Gasteiger partial charge in [0.1, 0.15) is 5.82 Å². The number of nitrogens with one attached hydrogen (secondary N) is 1. The van der Waals surface area contributed by atoms with E-state index < -0.39 is 21.9 Å². The van der Waals surface area contributed by atoms with Crippen molar-refractivity contribution in [3.63, 3.8) is 0 Å². The number of hydrogen-bond acceptors (Lipinski definition) is 5. The van der Waals surface area contributed by atoms with Gasteiger partial charge in [-0.2, -0.15) is 0 Å². The smallest absolute Gasteiger partial charge is 0.307 e. The number of carboxylic acids is 1. The topological polar surface area (TPSA) is 117 Å². The Bertz CT molecular complexity index is 2150. The first kappa shape index (κ1) is 31.7. The van der Waals surface area contributed by atoms with Gasteiger partial charge in [0.2, 0.25) is 10.0 Å². The van der Waals surface area contributed by atoms with Crippen molar-refractivity contribution in [3.8, 4) is 22.3 Å². The van der Waals surface area contributed by atoms with Crippen LogP contribution >= 0.6 is 0 Å². The molecule has 1 aliphatic heterocycles. The number of benzene rings is 4. The second kappa shape index (κ2) is 12.2. The van der Waals surface area contributed by atoms with Crippen LogP contribution in [0.5, 0.6) is 0 Å². The van der Waals surface area contributed by atoms with Crippen LogP contribution in [0.1, 0.15) is 49.5 Å². The molecule has 0 unspecified atom stereocenters. The van der Waals surface area contributed by atoms with Crippen LogP contribution in [-0.2, 0) is 34.2 Å². The number of amides is 1. The molecule has 240 valence electrons. The minimum atomic E-state index is -3.80. The highest BCUT2D eigenvalue weighted by molar-refractivity contribution is 7.92. The lowest BCUT2D eigenvalue weighted by atomic mass is 9.81. The standard InChI is InChI=1S/C37H33FN2O6S/c1-21-5-9-25(10-6-21)33-23(3)34-30-14-13-29(39-37(43)36-26(15-16-46-36)17-24-7-11-28(38)12-8-24)18-27(30)20-40(47(4,44)45)35(34)22(2)31(33)19-32(41)42/h5-16,18H,17,19-20H2,1-4H3,(H,39,43)(H,41,42). The number of aliphatic carboxylic acids is 1. The number of halogens is 1. The fourth-order valence-electron chi connectivity index (χ4n) is 6.42. The van der Waals surface area contributed by atoms with Crippen LogP contribution in [0.4, 0.5) is 15.8 Å². The lowest BCUT2D eigenvalue weighted by Gasteiger charge is -2.36. The molecule has 4 aromatic carbocycles. The summed E-state index contributed by atoms with van der Waals surface area (Å²) in [4.78, 5) is 25.4. The summed E-state index contributed by atoms with van der Waals surface area (Å²) in [6, 6.07) is 20.9. The Labute approximate surface area is 272 Å². The van der Waals surface area contributed by atoms with Crippen LogP contribution in [0.25, 0.3) is 22.3 Å². The average Bonchev–Trinajstić information content (AvgIpc) is 3.48. The van der Waals surface area contributed by atoms with Crippen molar-refractivity contribution in [1.82, 2.24) is 0 Å². The van der Waals surface area contributed by atoms with Crippen molar-refractivity contribution < 1.29 is 31.9 Å². The van der Waals surface area contributed by atoms with Gasteiger partial charge in [-0.3, -0.25) is 13.9 Å². The predicted octanol–water partition coefficient (Wildman–Crippen LogP) is 7.43. The highest BCUT2D eigenvalue weighted by Crippen LogP contribution is 2.50. The minimum absolute atomic E-state index is 0.00187. The zero-order chi connectivity index (χ0) is 33.6.